The summed E-state index contributed by atoms with van der Waals surface area (Å²) in [6.07, 6.45) is 1.42. The van der Waals surface area contributed by atoms with Crippen molar-refractivity contribution in [2.45, 2.75) is 32.3 Å². The molecule has 1 aliphatic heterocycles. The van der Waals surface area contributed by atoms with E-state index in [9.17, 15) is 0 Å². The molecular formula is C13H19NO. The average Bonchev–Trinajstić information content (AvgIpc) is 2.64. The molecule has 1 heterocycles. The van der Waals surface area contributed by atoms with Gasteiger partial charge in [-0.05, 0) is 19.0 Å². The minimum absolute atomic E-state index is 0.349. The lowest BCUT2D eigenvalue weighted by molar-refractivity contribution is 0.199. The molecule has 2 nitrogen and oxygen atoms in total. The lowest BCUT2D eigenvalue weighted by Gasteiger charge is -2.17. The van der Waals surface area contributed by atoms with Crippen molar-refractivity contribution in [1.29, 1.82) is 0 Å². The van der Waals surface area contributed by atoms with Gasteiger partial charge in [-0.25, -0.2) is 0 Å². The third-order valence-corrected chi connectivity index (χ3v) is 3.06. The van der Waals surface area contributed by atoms with E-state index in [4.69, 9.17) is 4.74 Å². The molecule has 0 aromatic heterocycles. The van der Waals surface area contributed by atoms with Crippen LogP contribution in [0.3, 0.4) is 0 Å². The van der Waals surface area contributed by atoms with Crippen LogP contribution in [-0.4, -0.2) is 19.2 Å². The van der Waals surface area contributed by atoms with Crippen molar-refractivity contribution in [2.75, 3.05) is 13.1 Å². The molecule has 0 fully saturated rings. The highest BCUT2D eigenvalue weighted by Gasteiger charge is 2.31. The van der Waals surface area contributed by atoms with Crippen LogP contribution in [0.1, 0.15) is 31.7 Å². The predicted molar refractivity (Wildman–Crippen MR) is 62.4 cm³/mol. The standard InChI is InChI=1S/C13H19NO/c1-3-12-11(9-14-4-2)10-7-5-6-8-13(10)15-12/h5-8,11-12,14H,3-4,9H2,1-2H3. The number of hydrogen-bond acceptors (Lipinski definition) is 2. The Labute approximate surface area is 91.6 Å². The third-order valence-electron chi connectivity index (χ3n) is 3.06. The Hall–Kier alpha value is -1.02. The van der Waals surface area contributed by atoms with Gasteiger partial charge in [0.25, 0.3) is 0 Å². The third kappa shape index (κ3) is 2.00. The van der Waals surface area contributed by atoms with Gasteiger partial charge in [0.1, 0.15) is 11.9 Å². The zero-order valence-corrected chi connectivity index (χ0v) is 9.49. The number of para-hydroxylation sites is 1. The minimum Gasteiger partial charge on any atom is -0.489 e. The number of ether oxygens (including phenoxy) is 1. The maximum absolute atomic E-state index is 5.93. The Morgan fingerprint density at radius 1 is 1.27 bits per heavy atom. The molecule has 1 aliphatic rings. The molecule has 2 heteroatoms. The first-order valence-corrected chi connectivity index (χ1v) is 5.83. The number of hydrogen-bond donors (Lipinski definition) is 1. The summed E-state index contributed by atoms with van der Waals surface area (Å²) in [4.78, 5) is 0. The number of likely N-dealkylation sites (N-methyl/N-ethyl adjacent to an activating group) is 1. The number of benzene rings is 1. The van der Waals surface area contributed by atoms with E-state index in [1.54, 1.807) is 0 Å². The van der Waals surface area contributed by atoms with Gasteiger partial charge in [-0.1, -0.05) is 32.0 Å². The molecule has 0 saturated carbocycles. The molecule has 0 saturated heterocycles. The van der Waals surface area contributed by atoms with E-state index in [0.29, 0.717) is 12.0 Å². The second-order valence-electron chi connectivity index (χ2n) is 4.02. The molecule has 2 atom stereocenters. The van der Waals surface area contributed by atoms with Gasteiger partial charge in [0.15, 0.2) is 0 Å². The summed E-state index contributed by atoms with van der Waals surface area (Å²) in [6, 6.07) is 8.40. The zero-order valence-electron chi connectivity index (χ0n) is 9.49. The van der Waals surface area contributed by atoms with E-state index in [0.717, 1.165) is 25.3 Å². The van der Waals surface area contributed by atoms with Crippen LogP contribution in [-0.2, 0) is 0 Å². The fraction of sp³-hybridized carbons (Fsp3) is 0.538. The minimum atomic E-state index is 0.349. The average molecular weight is 205 g/mol. The van der Waals surface area contributed by atoms with Crippen LogP contribution in [0.2, 0.25) is 0 Å². The van der Waals surface area contributed by atoms with Crippen LogP contribution >= 0.6 is 0 Å². The first kappa shape index (κ1) is 10.5. The smallest absolute Gasteiger partial charge is 0.123 e. The van der Waals surface area contributed by atoms with E-state index in [2.05, 4.69) is 37.4 Å². The summed E-state index contributed by atoms with van der Waals surface area (Å²) in [5.41, 5.74) is 1.37. The lowest BCUT2D eigenvalue weighted by atomic mass is 9.94. The highest BCUT2D eigenvalue weighted by Crippen LogP contribution is 2.38. The number of fused-ring (bicyclic) bond motifs is 1. The fourth-order valence-corrected chi connectivity index (χ4v) is 2.25. The van der Waals surface area contributed by atoms with Crippen molar-refractivity contribution in [3.63, 3.8) is 0 Å². The molecule has 0 amide bonds. The van der Waals surface area contributed by atoms with Gasteiger partial charge in [-0.2, -0.15) is 0 Å². The maximum Gasteiger partial charge on any atom is 0.123 e. The van der Waals surface area contributed by atoms with E-state index < -0.39 is 0 Å². The molecular weight excluding hydrogens is 186 g/mol. The lowest BCUT2D eigenvalue weighted by Crippen LogP contribution is -2.28. The Bertz CT molecular complexity index is 324. The molecule has 1 aromatic rings. The molecule has 0 spiro atoms. The summed E-state index contributed by atoms with van der Waals surface area (Å²) in [6.45, 7) is 6.37. The second kappa shape index (κ2) is 4.67. The molecule has 0 aliphatic carbocycles. The second-order valence-corrected chi connectivity index (χ2v) is 4.02. The van der Waals surface area contributed by atoms with Crippen molar-refractivity contribution in [1.82, 2.24) is 5.32 Å². The SMILES string of the molecule is CCNCC1c2ccccc2OC1CC. The first-order valence-electron chi connectivity index (χ1n) is 5.83. The van der Waals surface area contributed by atoms with E-state index in [-0.39, 0.29) is 0 Å². The summed E-state index contributed by atoms with van der Waals surface area (Å²) < 4.78 is 5.93. The van der Waals surface area contributed by atoms with Gasteiger partial charge >= 0.3 is 0 Å². The van der Waals surface area contributed by atoms with Gasteiger partial charge in [0.2, 0.25) is 0 Å². The van der Waals surface area contributed by atoms with Crippen molar-refractivity contribution < 1.29 is 4.74 Å². The molecule has 2 rings (SSSR count). The monoisotopic (exact) mass is 205 g/mol. The largest absolute Gasteiger partial charge is 0.489 e. The molecule has 1 aromatic carbocycles. The van der Waals surface area contributed by atoms with Crippen LogP contribution in [0.5, 0.6) is 5.75 Å². The van der Waals surface area contributed by atoms with E-state index in [1.807, 2.05) is 6.07 Å². The van der Waals surface area contributed by atoms with Gasteiger partial charge in [0, 0.05) is 18.0 Å². The Kier molecular flexibility index (Phi) is 3.27. The number of rotatable bonds is 4. The summed E-state index contributed by atoms with van der Waals surface area (Å²) in [5, 5.41) is 3.42. The summed E-state index contributed by atoms with van der Waals surface area (Å²) >= 11 is 0. The fourth-order valence-electron chi connectivity index (χ4n) is 2.25. The van der Waals surface area contributed by atoms with Crippen LogP contribution in [0.25, 0.3) is 0 Å². The van der Waals surface area contributed by atoms with Crippen molar-refractivity contribution in [3.8, 4) is 5.75 Å². The summed E-state index contributed by atoms with van der Waals surface area (Å²) in [5.74, 6) is 1.60. The van der Waals surface area contributed by atoms with Crippen molar-refractivity contribution in [2.24, 2.45) is 0 Å². The molecule has 82 valence electrons. The molecule has 0 radical (unpaired) electrons. The normalized spacial score (nSPS) is 23.6. The molecule has 1 N–H and O–H groups in total. The first-order chi connectivity index (χ1) is 7.36. The highest BCUT2D eigenvalue weighted by molar-refractivity contribution is 5.41. The van der Waals surface area contributed by atoms with Gasteiger partial charge in [-0.3, -0.25) is 0 Å². The number of nitrogens with one attached hydrogen (secondary N) is 1. The summed E-state index contributed by atoms with van der Waals surface area (Å²) in [7, 11) is 0. The van der Waals surface area contributed by atoms with E-state index >= 15 is 0 Å². The van der Waals surface area contributed by atoms with Crippen LogP contribution in [0.4, 0.5) is 0 Å². The maximum atomic E-state index is 5.93. The zero-order chi connectivity index (χ0) is 10.7. The van der Waals surface area contributed by atoms with Crippen LogP contribution in [0.15, 0.2) is 24.3 Å². The molecule has 0 bridgehead atoms. The van der Waals surface area contributed by atoms with Crippen LogP contribution in [0, 0.1) is 0 Å². The predicted octanol–water partition coefficient (Wildman–Crippen LogP) is 2.55. The van der Waals surface area contributed by atoms with Crippen molar-refractivity contribution in [3.05, 3.63) is 29.8 Å². The van der Waals surface area contributed by atoms with Gasteiger partial charge in [0.05, 0.1) is 0 Å². The topological polar surface area (TPSA) is 21.3 Å². The Morgan fingerprint density at radius 3 is 2.80 bits per heavy atom. The van der Waals surface area contributed by atoms with E-state index in [1.165, 1.54) is 5.56 Å². The highest BCUT2D eigenvalue weighted by atomic mass is 16.5. The molecule has 2 unspecified atom stereocenters. The Morgan fingerprint density at radius 2 is 2.07 bits per heavy atom. The van der Waals surface area contributed by atoms with Gasteiger partial charge < -0.3 is 10.1 Å². The van der Waals surface area contributed by atoms with Crippen molar-refractivity contribution >= 4 is 0 Å². The Balaban J connectivity index is 2.18. The van der Waals surface area contributed by atoms with Gasteiger partial charge in [-0.15, -0.1) is 0 Å². The molecule has 15 heavy (non-hydrogen) atoms. The quantitative estimate of drug-likeness (QED) is 0.815. The van der Waals surface area contributed by atoms with Crippen LogP contribution < -0.4 is 10.1 Å².